The highest BCUT2D eigenvalue weighted by molar-refractivity contribution is 8.00. The zero-order valence-electron chi connectivity index (χ0n) is 13.2. The van der Waals surface area contributed by atoms with Crippen LogP contribution in [0.5, 0.6) is 0 Å². The largest absolute Gasteiger partial charge is 0.310 e. The van der Waals surface area contributed by atoms with Crippen molar-refractivity contribution < 1.29 is 4.79 Å². The lowest BCUT2D eigenvalue weighted by Gasteiger charge is -2.17. The van der Waals surface area contributed by atoms with Crippen LogP contribution in [0.3, 0.4) is 0 Å². The van der Waals surface area contributed by atoms with Gasteiger partial charge in [-0.2, -0.15) is 5.10 Å². The van der Waals surface area contributed by atoms with Gasteiger partial charge in [-0.3, -0.25) is 4.79 Å². The molecule has 1 amide bonds. The number of nitrogens with zero attached hydrogens (tertiary/aromatic N) is 2. The van der Waals surface area contributed by atoms with Gasteiger partial charge in [0.2, 0.25) is 5.91 Å². The molecule has 1 heterocycles. The lowest BCUT2D eigenvalue weighted by atomic mass is 10.2. The van der Waals surface area contributed by atoms with Gasteiger partial charge in [-0.1, -0.05) is 23.7 Å². The highest BCUT2D eigenvalue weighted by Gasteiger charge is 2.31. The van der Waals surface area contributed by atoms with Crippen LogP contribution < -0.4 is 5.32 Å². The number of anilines is 1. The molecule has 1 saturated carbocycles. The molecule has 0 saturated heterocycles. The number of hydrogen-bond donors (Lipinski definition) is 1. The highest BCUT2D eigenvalue weighted by Crippen LogP contribution is 2.40. The molecule has 1 aromatic heterocycles. The van der Waals surface area contributed by atoms with E-state index < -0.39 is 0 Å². The first-order valence-electron chi connectivity index (χ1n) is 7.82. The van der Waals surface area contributed by atoms with Gasteiger partial charge >= 0.3 is 0 Å². The normalized spacial score (nSPS) is 16.8. The Hall–Kier alpha value is -1.46. The second kappa shape index (κ2) is 6.97. The fourth-order valence-electron chi connectivity index (χ4n) is 2.53. The summed E-state index contributed by atoms with van der Waals surface area (Å²) in [5.41, 5.74) is 0. The summed E-state index contributed by atoms with van der Waals surface area (Å²) in [5, 5.41) is 7.78. The van der Waals surface area contributed by atoms with Crippen molar-refractivity contribution in [3.05, 3.63) is 41.6 Å². The van der Waals surface area contributed by atoms with E-state index in [4.69, 9.17) is 11.6 Å². The second-order valence-corrected chi connectivity index (χ2v) is 7.71. The number of aromatic nitrogens is 2. The Bertz CT molecular complexity index is 699. The van der Waals surface area contributed by atoms with E-state index in [1.807, 2.05) is 41.9 Å². The fourth-order valence-corrected chi connectivity index (χ4v) is 3.68. The first-order valence-corrected chi connectivity index (χ1v) is 9.07. The van der Waals surface area contributed by atoms with E-state index in [9.17, 15) is 4.79 Å². The van der Waals surface area contributed by atoms with Crippen LogP contribution in [0.25, 0.3) is 0 Å². The minimum absolute atomic E-state index is 0.0420. The third kappa shape index (κ3) is 3.90. The molecule has 2 unspecified atom stereocenters. The van der Waals surface area contributed by atoms with Gasteiger partial charge in [0.05, 0.1) is 22.5 Å². The fraction of sp³-hybridized carbons (Fsp3) is 0.412. The summed E-state index contributed by atoms with van der Waals surface area (Å²) in [7, 11) is 0. The molecule has 3 rings (SSSR count). The molecular weight excluding hydrogens is 330 g/mol. The van der Waals surface area contributed by atoms with Gasteiger partial charge in [0.1, 0.15) is 5.82 Å². The van der Waals surface area contributed by atoms with E-state index in [1.165, 1.54) is 24.6 Å². The number of carbonyl (C=O) groups is 1. The summed E-state index contributed by atoms with van der Waals surface area (Å²) in [6.45, 7) is 4.04. The summed E-state index contributed by atoms with van der Waals surface area (Å²) < 4.78 is 1.92. The highest BCUT2D eigenvalue weighted by atomic mass is 35.5. The molecule has 6 heteroatoms. The third-order valence-corrected chi connectivity index (χ3v) is 5.74. The van der Waals surface area contributed by atoms with Crippen LogP contribution >= 0.6 is 23.4 Å². The van der Waals surface area contributed by atoms with Crippen molar-refractivity contribution in [3.63, 3.8) is 0 Å². The Balaban J connectivity index is 1.65. The van der Waals surface area contributed by atoms with Crippen LogP contribution in [0.15, 0.2) is 41.4 Å². The number of carbonyl (C=O) groups excluding carboxylic acids is 1. The second-order valence-electron chi connectivity index (χ2n) is 5.92. The first-order chi connectivity index (χ1) is 11.1. The maximum absolute atomic E-state index is 12.5. The lowest BCUT2D eigenvalue weighted by molar-refractivity contribution is -0.115. The van der Waals surface area contributed by atoms with E-state index in [2.05, 4.69) is 17.3 Å². The molecule has 4 nitrogen and oxygen atoms in total. The summed E-state index contributed by atoms with van der Waals surface area (Å²) in [4.78, 5) is 13.4. The zero-order chi connectivity index (χ0) is 16.4. The van der Waals surface area contributed by atoms with Crippen molar-refractivity contribution >= 4 is 35.1 Å². The van der Waals surface area contributed by atoms with Gasteiger partial charge in [-0.25, -0.2) is 4.68 Å². The molecule has 2 aromatic rings. The molecule has 23 heavy (non-hydrogen) atoms. The maximum Gasteiger partial charge on any atom is 0.238 e. The van der Waals surface area contributed by atoms with Crippen molar-refractivity contribution in [2.75, 3.05) is 5.32 Å². The predicted octanol–water partition coefficient (Wildman–Crippen LogP) is 4.63. The number of rotatable bonds is 6. The van der Waals surface area contributed by atoms with Crippen LogP contribution in [-0.2, 0) is 4.79 Å². The first kappa shape index (κ1) is 16.4. The number of nitrogens with one attached hydrogen (secondary N) is 1. The van der Waals surface area contributed by atoms with E-state index in [0.29, 0.717) is 17.0 Å². The number of hydrogen-bond acceptors (Lipinski definition) is 3. The van der Waals surface area contributed by atoms with Crippen molar-refractivity contribution in [1.29, 1.82) is 0 Å². The zero-order valence-corrected chi connectivity index (χ0v) is 14.8. The SMILES string of the molecule is CC(Sc1ccccc1Cl)C(=O)Nc1ccnn1C(C)C1CC1. The number of amides is 1. The number of thioether (sulfide) groups is 1. The van der Waals surface area contributed by atoms with E-state index in [1.54, 1.807) is 6.20 Å². The molecule has 1 aromatic carbocycles. The molecule has 0 radical (unpaired) electrons. The van der Waals surface area contributed by atoms with Gasteiger partial charge < -0.3 is 5.32 Å². The Kier molecular flexibility index (Phi) is 4.97. The average molecular weight is 350 g/mol. The van der Waals surface area contributed by atoms with Crippen LogP contribution in [0, 0.1) is 5.92 Å². The Morgan fingerprint density at radius 3 is 2.78 bits per heavy atom. The Morgan fingerprint density at radius 2 is 2.09 bits per heavy atom. The number of halogens is 1. The lowest BCUT2D eigenvalue weighted by Crippen LogP contribution is -2.25. The minimum Gasteiger partial charge on any atom is -0.310 e. The van der Waals surface area contributed by atoms with Gasteiger partial charge in [0.15, 0.2) is 0 Å². The van der Waals surface area contributed by atoms with Crippen LogP contribution in [-0.4, -0.2) is 20.9 Å². The quantitative estimate of drug-likeness (QED) is 0.773. The van der Waals surface area contributed by atoms with E-state index in [0.717, 1.165) is 10.7 Å². The Labute approximate surface area is 145 Å². The molecule has 122 valence electrons. The smallest absolute Gasteiger partial charge is 0.238 e. The summed E-state index contributed by atoms with van der Waals surface area (Å²) in [6.07, 6.45) is 4.22. The van der Waals surface area contributed by atoms with Crippen molar-refractivity contribution in [2.24, 2.45) is 5.92 Å². The molecule has 1 fully saturated rings. The average Bonchev–Trinajstić information content (AvgIpc) is 3.29. The van der Waals surface area contributed by atoms with Crippen molar-refractivity contribution in [3.8, 4) is 0 Å². The Morgan fingerprint density at radius 1 is 1.35 bits per heavy atom. The molecule has 0 bridgehead atoms. The topological polar surface area (TPSA) is 46.9 Å². The minimum atomic E-state index is -0.241. The van der Waals surface area contributed by atoms with Gasteiger partial charge in [0, 0.05) is 11.0 Å². The third-order valence-electron chi connectivity index (χ3n) is 4.12. The summed E-state index contributed by atoms with van der Waals surface area (Å²) in [5.74, 6) is 1.40. The summed E-state index contributed by atoms with van der Waals surface area (Å²) in [6, 6.07) is 9.74. The molecule has 0 aliphatic heterocycles. The van der Waals surface area contributed by atoms with Gasteiger partial charge in [-0.05, 0) is 44.7 Å². The maximum atomic E-state index is 12.5. The standard InChI is InChI=1S/C17H20ClN3OS/c1-11(13-7-8-13)21-16(9-10-19-21)20-17(22)12(2)23-15-6-4-3-5-14(15)18/h3-6,9-13H,7-8H2,1-2H3,(H,20,22). The van der Waals surface area contributed by atoms with Crippen molar-refractivity contribution in [2.45, 2.75) is 42.9 Å². The monoisotopic (exact) mass is 349 g/mol. The molecule has 1 N–H and O–H groups in total. The van der Waals surface area contributed by atoms with Crippen LogP contribution in [0.4, 0.5) is 5.82 Å². The molecule has 2 atom stereocenters. The van der Waals surface area contributed by atoms with Gasteiger partial charge in [-0.15, -0.1) is 11.8 Å². The molecule has 0 spiro atoms. The van der Waals surface area contributed by atoms with E-state index in [-0.39, 0.29) is 11.2 Å². The van der Waals surface area contributed by atoms with Crippen LogP contribution in [0.2, 0.25) is 5.02 Å². The predicted molar refractivity (Wildman–Crippen MR) is 95.1 cm³/mol. The number of benzene rings is 1. The molecular formula is C17H20ClN3OS. The molecule has 1 aliphatic carbocycles. The van der Waals surface area contributed by atoms with Crippen molar-refractivity contribution in [1.82, 2.24) is 9.78 Å². The van der Waals surface area contributed by atoms with Gasteiger partial charge in [0.25, 0.3) is 0 Å². The van der Waals surface area contributed by atoms with Crippen LogP contribution in [0.1, 0.15) is 32.7 Å². The van der Waals surface area contributed by atoms with E-state index >= 15 is 0 Å². The summed E-state index contributed by atoms with van der Waals surface area (Å²) >= 11 is 7.62. The molecule has 1 aliphatic rings.